The molecule has 1 aromatic heterocycles. The summed E-state index contributed by atoms with van der Waals surface area (Å²) in [5.41, 5.74) is 4.71. The topological polar surface area (TPSA) is 70.4 Å². The van der Waals surface area contributed by atoms with Crippen LogP contribution in [0.1, 0.15) is 28.8 Å². The average molecular weight is 473 g/mol. The third kappa shape index (κ3) is 3.12. The minimum atomic E-state index is -0.443. The molecular formula is C26H21ClN4O3. The summed E-state index contributed by atoms with van der Waals surface area (Å²) in [6.45, 7) is 0. The van der Waals surface area contributed by atoms with Crippen LogP contribution in [-0.2, 0) is 0 Å². The molecule has 7 nitrogen and oxygen atoms in total. The predicted molar refractivity (Wildman–Crippen MR) is 130 cm³/mol. The van der Waals surface area contributed by atoms with Gasteiger partial charge in [-0.1, -0.05) is 48.0 Å². The molecule has 0 amide bonds. The first-order valence-corrected chi connectivity index (χ1v) is 11.2. The first-order valence-electron chi connectivity index (χ1n) is 10.8. The highest BCUT2D eigenvalue weighted by Gasteiger charge is 2.41. The number of para-hydroxylation sites is 1. The van der Waals surface area contributed by atoms with Crippen LogP contribution >= 0.6 is 11.6 Å². The van der Waals surface area contributed by atoms with Crippen LogP contribution in [0, 0.1) is 0 Å². The van der Waals surface area contributed by atoms with E-state index in [-0.39, 0.29) is 6.04 Å². The molecule has 0 spiro atoms. The minimum Gasteiger partial charge on any atom is -0.493 e. The van der Waals surface area contributed by atoms with E-state index in [1.54, 1.807) is 20.5 Å². The van der Waals surface area contributed by atoms with Gasteiger partial charge in [-0.05, 0) is 35.9 Å². The van der Waals surface area contributed by atoms with Crippen molar-refractivity contribution in [1.29, 1.82) is 0 Å². The Bertz CT molecular complexity index is 1430. The monoisotopic (exact) mass is 472 g/mol. The van der Waals surface area contributed by atoms with E-state index in [1.807, 2.05) is 71.4 Å². The number of ether oxygens (including phenoxy) is 3. The molecule has 0 radical (unpaired) electrons. The van der Waals surface area contributed by atoms with Crippen molar-refractivity contribution in [3.8, 4) is 17.2 Å². The van der Waals surface area contributed by atoms with Crippen LogP contribution in [0.3, 0.4) is 0 Å². The fourth-order valence-electron chi connectivity index (χ4n) is 4.71. The summed E-state index contributed by atoms with van der Waals surface area (Å²) in [5, 5.41) is 8.69. The molecule has 0 saturated heterocycles. The Labute approximate surface area is 201 Å². The molecule has 0 fully saturated rings. The molecule has 0 unspecified atom stereocenters. The van der Waals surface area contributed by atoms with Crippen LogP contribution in [0.5, 0.6) is 17.2 Å². The zero-order valence-electron chi connectivity index (χ0n) is 18.5. The highest BCUT2D eigenvalue weighted by molar-refractivity contribution is 6.31. The molecule has 2 atom stereocenters. The fraction of sp³-hybridized carbons (Fsp3) is 0.154. The maximum atomic E-state index is 6.68. The van der Waals surface area contributed by atoms with Gasteiger partial charge in [-0.15, -0.1) is 0 Å². The van der Waals surface area contributed by atoms with E-state index in [9.17, 15) is 0 Å². The molecule has 0 aliphatic carbocycles. The van der Waals surface area contributed by atoms with Gasteiger partial charge in [0.25, 0.3) is 0 Å². The van der Waals surface area contributed by atoms with E-state index in [1.165, 1.54) is 0 Å². The zero-order chi connectivity index (χ0) is 23.2. The van der Waals surface area contributed by atoms with Crippen LogP contribution < -0.4 is 19.5 Å². The van der Waals surface area contributed by atoms with Crippen molar-refractivity contribution in [2.75, 3.05) is 19.5 Å². The largest absolute Gasteiger partial charge is 0.493 e. The maximum absolute atomic E-state index is 6.68. The Morgan fingerprint density at radius 2 is 1.76 bits per heavy atom. The van der Waals surface area contributed by atoms with Crippen molar-refractivity contribution >= 4 is 23.2 Å². The summed E-state index contributed by atoms with van der Waals surface area (Å²) >= 11 is 6.68. The molecular weight excluding hydrogens is 452 g/mol. The first kappa shape index (κ1) is 20.6. The van der Waals surface area contributed by atoms with Gasteiger partial charge in [0.15, 0.2) is 17.6 Å². The summed E-state index contributed by atoms with van der Waals surface area (Å²) in [6, 6.07) is 21.3. The fourth-order valence-corrected chi connectivity index (χ4v) is 4.94. The lowest BCUT2D eigenvalue weighted by Gasteiger charge is -2.39. The number of nitrogens with zero attached hydrogens (tertiary/aromatic N) is 3. The van der Waals surface area contributed by atoms with Crippen molar-refractivity contribution in [2.24, 2.45) is 0 Å². The molecule has 6 rings (SSSR count). The highest BCUT2D eigenvalue weighted by atomic mass is 35.5. The Morgan fingerprint density at radius 3 is 2.59 bits per heavy atom. The number of fused-ring (bicyclic) bond motifs is 3. The number of rotatable bonds is 4. The second-order valence-corrected chi connectivity index (χ2v) is 8.42. The number of nitrogens with one attached hydrogen (secondary N) is 1. The number of benzene rings is 3. The van der Waals surface area contributed by atoms with Crippen LogP contribution in [-0.4, -0.2) is 29.0 Å². The maximum Gasteiger partial charge on any atom is 0.226 e. The number of hydrogen-bond acceptors (Lipinski definition) is 6. The van der Waals surface area contributed by atoms with E-state index < -0.39 is 6.10 Å². The Balaban J connectivity index is 1.63. The normalized spacial score (nSPS) is 18.2. The smallest absolute Gasteiger partial charge is 0.226 e. The SMILES string of the molecule is COc1ccc([C@@H]2C3=C(Nc4ncnn42)c2ccccc2O[C@@H]3c2ccccc2Cl)cc1OC. The summed E-state index contributed by atoms with van der Waals surface area (Å²) < 4.78 is 19.5. The standard InChI is InChI=1S/C26H21ClN4O3/c1-32-20-12-11-15(13-21(20)33-2)24-22-23(30-26-28-14-29-31(24)26)17-8-4-6-10-19(17)34-25(22)16-7-3-5-9-18(16)27/h3-14,24-25H,1-2H3,(H,28,29,30)/t24-,25-/m1/s1. The van der Waals surface area contributed by atoms with E-state index >= 15 is 0 Å². The van der Waals surface area contributed by atoms with E-state index in [0.717, 1.165) is 33.7 Å². The Hall–Kier alpha value is -3.97. The number of aromatic nitrogens is 3. The molecule has 8 heteroatoms. The lowest BCUT2D eigenvalue weighted by Crippen LogP contribution is -2.32. The first-order chi connectivity index (χ1) is 16.7. The molecule has 3 aromatic carbocycles. The van der Waals surface area contributed by atoms with Crippen LogP contribution in [0.25, 0.3) is 5.70 Å². The van der Waals surface area contributed by atoms with Gasteiger partial charge < -0.3 is 19.5 Å². The second kappa shape index (κ2) is 8.11. The molecule has 2 aliphatic rings. The Kier molecular flexibility index (Phi) is 4.92. The van der Waals surface area contributed by atoms with Crippen molar-refractivity contribution < 1.29 is 14.2 Å². The van der Waals surface area contributed by atoms with Gasteiger partial charge in [0.1, 0.15) is 18.1 Å². The van der Waals surface area contributed by atoms with Crippen molar-refractivity contribution in [2.45, 2.75) is 12.1 Å². The third-order valence-electron chi connectivity index (χ3n) is 6.23. The third-order valence-corrected chi connectivity index (χ3v) is 6.58. The van der Waals surface area contributed by atoms with E-state index in [0.29, 0.717) is 22.5 Å². The van der Waals surface area contributed by atoms with Gasteiger partial charge in [-0.2, -0.15) is 10.1 Å². The summed E-state index contributed by atoms with van der Waals surface area (Å²) in [5.74, 6) is 2.71. The number of halogens is 1. The van der Waals surface area contributed by atoms with Gasteiger partial charge in [-0.3, -0.25) is 0 Å². The lowest BCUT2D eigenvalue weighted by atomic mass is 9.84. The molecule has 4 aromatic rings. The van der Waals surface area contributed by atoms with E-state index in [2.05, 4.69) is 15.4 Å². The predicted octanol–water partition coefficient (Wildman–Crippen LogP) is 5.51. The number of hydrogen-bond donors (Lipinski definition) is 1. The van der Waals surface area contributed by atoms with Crippen molar-refractivity contribution in [3.63, 3.8) is 0 Å². The molecule has 0 bridgehead atoms. The summed E-state index contributed by atoms with van der Waals surface area (Å²) in [6.07, 6.45) is 1.10. The van der Waals surface area contributed by atoms with Crippen LogP contribution in [0.4, 0.5) is 5.95 Å². The van der Waals surface area contributed by atoms with Crippen molar-refractivity contribution in [3.05, 3.63) is 100 Å². The molecule has 3 heterocycles. The molecule has 0 saturated carbocycles. The minimum absolute atomic E-state index is 0.316. The van der Waals surface area contributed by atoms with Gasteiger partial charge in [0, 0.05) is 21.7 Å². The average Bonchev–Trinajstić information content (AvgIpc) is 3.35. The van der Waals surface area contributed by atoms with Gasteiger partial charge in [0.05, 0.1) is 19.9 Å². The quantitative estimate of drug-likeness (QED) is 0.422. The van der Waals surface area contributed by atoms with E-state index in [4.69, 9.17) is 25.8 Å². The van der Waals surface area contributed by atoms with Gasteiger partial charge >= 0.3 is 0 Å². The van der Waals surface area contributed by atoms with Gasteiger partial charge in [0.2, 0.25) is 5.95 Å². The van der Waals surface area contributed by atoms with Crippen LogP contribution in [0.2, 0.25) is 5.02 Å². The van der Waals surface area contributed by atoms with Crippen molar-refractivity contribution in [1.82, 2.24) is 14.8 Å². The second-order valence-electron chi connectivity index (χ2n) is 8.02. The Morgan fingerprint density at radius 1 is 0.971 bits per heavy atom. The molecule has 1 N–H and O–H groups in total. The molecule has 170 valence electrons. The summed E-state index contributed by atoms with van der Waals surface area (Å²) in [4.78, 5) is 4.47. The van der Waals surface area contributed by atoms with Crippen LogP contribution in [0.15, 0.2) is 78.6 Å². The number of methoxy groups -OCH3 is 2. The number of anilines is 1. The summed E-state index contributed by atoms with van der Waals surface area (Å²) in [7, 11) is 3.25. The molecule has 34 heavy (non-hydrogen) atoms. The highest BCUT2D eigenvalue weighted by Crippen LogP contribution is 2.51. The van der Waals surface area contributed by atoms with Gasteiger partial charge in [-0.25, -0.2) is 4.68 Å². The zero-order valence-corrected chi connectivity index (χ0v) is 19.3. The molecule has 2 aliphatic heterocycles. The lowest BCUT2D eigenvalue weighted by molar-refractivity contribution is 0.223.